The molecule has 4 nitrogen and oxygen atoms in total. The number of anilines is 1. The second-order valence-corrected chi connectivity index (χ2v) is 3.15. The third-order valence-electron chi connectivity index (χ3n) is 2.12. The van der Waals surface area contributed by atoms with E-state index in [9.17, 15) is 0 Å². The highest BCUT2D eigenvalue weighted by molar-refractivity contribution is 5.42. The molecule has 0 aromatic carbocycles. The Morgan fingerprint density at radius 3 is 3.08 bits per heavy atom. The molecule has 4 heteroatoms. The van der Waals surface area contributed by atoms with Gasteiger partial charge in [0.05, 0.1) is 5.69 Å². The molecule has 1 aromatic rings. The van der Waals surface area contributed by atoms with Gasteiger partial charge in [-0.1, -0.05) is 0 Å². The summed E-state index contributed by atoms with van der Waals surface area (Å²) >= 11 is 0. The maximum absolute atomic E-state index is 5.76. The number of aromatic nitrogens is 2. The topological polar surface area (TPSA) is 53.1 Å². The average Bonchev–Trinajstić information content (AvgIpc) is 2.58. The Kier molecular flexibility index (Phi) is 1.77. The van der Waals surface area contributed by atoms with E-state index in [1.165, 1.54) is 0 Å². The smallest absolute Gasteiger partial charge is 0.114 e. The molecule has 0 aliphatic carbocycles. The molecule has 2 rings (SSSR count). The van der Waals surface area contributed by atoms with Gasteiger partial charge in [-0.15, -0.1) is 0 Å². The highest BCUT2D eigenvalue weighted by Gasteiger charge is 2.22. The highest BCUT2D eigenvalue weighted by Crippen LogP contribution is 2.30. The molecular formula is C8H13N3O. The molecule has 66 valence electrons. The van der Waals surface area contributed by atoms with Gasteiger partial charge >= 0.3 is 0 Å². The first-order chi connectivity index (χ1) is 5.77. The Hall–Kier alpha value is -1.03. The van der Waals surface area contributed by atoms with E-state index in [2.05, 4.69) is 5.10 Å². The first-order valence-corrected chi connectivity index (χ1v) is 4.18. The van der Waals surface area contributed by atoms with Gasteiger partial charge in [0.1, 0.15) is 11.8 Å². The lowest BCUT2D eigenvalue weighted by Gasteiger charge is -2.05. The molecule has 2 heterocycles. The zero-order valence-corrected chi connectivity index (χ0v) is 7.16. The van der Waals surface area contributed by atoms with Gasteiger partial charge in [0, 0.05) is 19.9 Å². The van der Waals surface area contributed by atoms with Crippen LogP contribution in [0.25, 0.3) is 0 Å². The maximum Gasteiger partial charge on any atom is 0.114 e. The van der Waals surface area contributed by atoms with E-state index >= 15 is 0 Å². The number of aryl methyl sites for hydroxylation is 1. The Bertz CT molecular complexity index is 276. The average molecular weight is 167 g/mol. The van der Waals surface area contributed by atoms with Gasteiger partial charge in [-0.25, -0.2) is 0 Å². The first kappa shape index (κ1) is 7.61. The summed E-state index contributed by atoms with van der Waals surface area (Å²) in [5.74, 6) is 0. The molecule has 0 radical (unpaired) electrons. The Morgan fingerprint density at radius 2 is 2.58 bits per heavy atom. The fourth-order valence-electron chi connectivity index (χ4n) is 1.57. The van der Waals surface area contributed by atoms with E-state index in [0.29, 0.717) is 0 Å². The normalized spacial score (nSPS) is 23.2. The van der Waals surface area contributed by atoms with Crippen molar-refractivity contribution < 1.29 is 4.74 Å². The molecule has 0 spiro atoms. The van der Waals surface area contributed by atoms with Crippen LogP contribution in [0.15, 0.2) is 6.20 Å². The Balaban J connectivity index is 2.25. The predicted molar refractivity (Wildman–Crippen MR) is 45.5 cm³/mol. The molecule has 1 unspecified atom stereocenters. The monoisotopic (exact) mass is 167 g/mol. The predicted octanol–water partition coefficient (Wildman–Crippen LogP) is 0.854. The van der Waals surface area contributed by atoms with Crippen LogP contribution < -0.4 is 5.73 Å². The minimum Gasteiger partial charge on any atom is -0.396 e. The van der Waals surface area contributed by atoms with Crippen molar-refractivity contribution in [2.45, 2.75) is 18.9 Å². The number of nitrogen functional groups attached to an aromatic ring is 1. The highest BCUT2D eigenvalue weighted by atomic mass is 16.5. The van der Waals surface area contributed by atoms with E-state index in [-0.39, 0.29) is 6.10 Å². The van der Waals surface area contributed by atoms with Crippen molar-refractivity contribution in [3.8, 4) is 0 Å². The van der Waals surface area contributed by atoms with Crippen LogP contribution in [0, 0.1) is 0 Å². The molecular weight excluding hydrogens is 154 g/mol. The molecule has 1 aliphatic heterocycles. The number of nitrogens with zero attached hydrogens (tertiary/aromatic N) is 2. The van der Waals surface area contributed by atoms with E-state index in [0.717, 1.165) is 30.8 Å². The molecule has 0 amide bonds. The molecule has 1 aromatic heterocycles. The number of nitrogens with two attached hydrogens (primary N) is 1. The minimum absolute atomic E-state index is 0.131. The van der Waals surface area contributed by atoms with Crippen LogP contribution in [0.1, 0.15) is 24.6 Å². The van der Waals surface area contributed by atoms with Crippen LogP contribution in [0.3, 0.4) is 0 Å². The van der Waals surface area contributed by atoms with Gasteiger partial charge in [0.15, 0.2) is 0 Å². The molecule has 1 atom stereocenters. The summed E-state index contributed by atoms with van der Waals surface area (Å²) in [6.45, 7) is 0.834. The van der Waals surface area contributed by atoms with Gasteiger partial charge in [0.2, 0.25) is 0 Å². The van der Waals surface area contributed by atoms with Crippen molar-refractivity contribution >= 4 is 5.69 Å². The number of hydrogen-bond donors (Lipinski definition) is 1. The molecule has 1 fully saturated rings. The van der Waals surface area contributed by atoms with E-state index in [1.54, 1.807) is 4.68 Å². The molecule has 12 heavy (non-hydrogen) atoms. The van der Waals surface area contributed by atoms with Crippen molar-refractivity contribution in [1.29, 1.82) is 0 Å². The summed E-state index contributed by atoms with van der Waals surface area (Å²) in [5, 5.41) is 4.26. The second kappa shape index (κ2) is 2.79. The van der Waals surface area contributed by atoms with Crippen molar-refractivity contribution in [1.82, 2.24) is 9.78 Å². The molecule has 1 saturated heterocycles. The van der Waals surface area contributed by atoms with Crippen molar-refractivity contribution in [2.75, 3.05) is 12.3 Å². The summed E-state index contributed by atoms with van der Waals surface area (Å²) in [5.41, 5.74) is 7.40. The molecule has 0 bridgehead atoms. The van der Waals surface area contributed by atoms with Gasteiger partial charge in [-0.2, -0.15) is 5.10 Å². The lowest BCUT2D eigenvalue weighted by molar-refractivity contribution is 0.108. The Labute approximate surface area is 71.3 Å². The quantitative estimate of drug-likeness (QED) is 0.674. The van der Waals surface area contributed by atoms with E-state index < -0.39 is 0 Å². The molecule has 0 saturated carbocycles. The second-order valence-electron chi connectivity index (χ2n) is 3.15. The van der Waals surface area contributed by atoms with Crippen LogP contribution in [-0.2, 0) is 11.8 Å². The van der Waals surface area contributed by atoms with Crippen LogP contribution in [0.4, 0.5) is 5.69 Å². The first-order valence-electron chi connectivity index (χ1n) is 4.18. The largest absolute Gasteiger partial charge is 0.396 e. The third-order valence-corrected chi connectivity index (χ3v) is 2.12. The molecule has 1 aliphatic rings. The van der Waals surface area contributed by atoms with E-state index in [1.807, 2.05) is 13.2 Å². The summed E-state index contributed by atoms with van der Waals surface area (Å²) in [6.07, 6.45) is 4.10. The van der Waals surface area contributed by atoms with Crippen LogP contribution in [-0.4, -0.2) is 16.4 Å². The standard InChI is InChI=1S/C8H13N3O/c1-11-5-6(9)8(10-11)7-3-2-4-12-7/h5,7H,2-4,9H2,1H3. The van der Waals surface area contributed by atoms with Gasteiger partial charge in [0.25, 0.3) is 0 Å². The SMILES string of the molecule is Cn1cc(N)c(C2CCCO2)n1. The van der Waals surface area contributed by atoms with Crippen molar-refractivity contribution in [3.63, 3.8) is 0 Å². The molecule has 2 N–H and O–H groups in total. The summed E-state index contributed by atoms with van der Waals surface area (Å²) in [7, 11) is 1.87. The van der Waals surface area contributed by atoms with Crippen LogP contribution >= 0.6 is 0 Å². The lowest BCUT2D eigenvalue weighted by atomic mass is 10.2. The van der Waals surface area contributed by atoms with Gasteiger partial charge in [-0.3, -0.25) is 4.68 Å². The fourth-order valence-corrected chi connectivity index (χ4v) is 1.57. The summed E-state index contributed by atoms with van der Waals surface area (Å²) in [4.78, 5) is 0. The summed E-state index contributed by atoms with van der Waals surface area (Å²) < 4.78 is 7.21. The van der Waals surface area contributed by atoms with Gasteiger partial charge in [-0.05, 0) is 12.8 Å². The van der Waals surface area contributed by atoms with Gasteiger partial charge < -0.3 is 10.5 Å². The lowest BCUT2D eigenvalue weighted by Crippen LogP contribution is -2.00. The zero-order chi connectivity index (χ0) is 8.55. The third kappa shape index (κ3) is 1.18. The Morgan fingerprint density at radius 1 is 1.75 bits per heavy atom. The van der Waals surface area contributed by atoms with Crippen LogP contribution in [0.5, 0.6) is 0 Å². The fraction of sp³-hybridized carbons (Fsp3) is 0.625. The van der Waals surface area contributed by atoms with Crippen molar-refractivity contribution in [3.05, 3.63) is 11.9 Å². The zero-order valence-electron chi connectivity index (χ0n) is 7.16. The van der Waals surface area contributed by atoms with E-state index in [4.69, 9.17) is 10.5 Å². The number of hydrogen-bond acceptors (Lipinski definition) is 3. The summed E-state index contributed by atoms with van der Waals surface area (Å²) in [6, 6.07) is 0. The number of ether oxygens (including phenoxy) is 1. The van der Waals surface area contributed by atoms with Crippen LogP contribution in [0.2, 0.25) is 0 Å². The number of rotatable bonds is 1. The minimum atomic E-state index is 0.131. The van der Waals surface area contributed by atoms with Crippen molar-refractivity contribution in [2.24, 2.45) is 7.05 Å². The maximum atomic E-state index is 5.76.